The summed E-state index contributed by atoms with van der Waals surface area (Å²) >= 11 is 3.23. The fraction of sp³-hybridized carbons (Fsp3) is 0.294. The van der Waals surface area contributed by atoms with Gasteiger partial charge in [0.05, 0.1) is 35.6 Å². The van der Waals surface area contributed by atoms with Gasteiger partial charge in [-0.15, -0.1) is 0 Å². The lowest BCUT2D eigenvalue weighted by Crippen LogP contribution is -3.13. The highest BCUT2D eigenvalue weighted by Gasteiger charge is 2.21. The van der Waals surface area contributed by atoms with Crippen molar-refractivity contribution in [1.29, 1.82) is 0 Å². The average molecular weight is 395 g/mol. The summed E-state index contributed by atoms with van der Waals surface area (Å²) in [6.07, 6.45) is 0. The summed E-state index contributed by atoms with van der Waals surface area (Å²) in [6, 6.07) is 11.9. The predicted molar refractivity (Wildman–Crippen MR) is 93.8 cm³/mol. The first-order valence-electron chi connectivity index (χ1n) is 7.80. The van der Waals surface area contributed by atoms with E-state index in [0.29, 0.717) is 4.47 Å². The fourth-order valence-corrected chi connectivity index (χ4v) is 3.41. The molecule has 126 valence electrons. The van der Waals surface area contributed by atoms with Crippen molar-refractivity contribution < 1.29 is 14.2 Å². The molecule has 0 radical (unpaired) electrons. The summed E-state index contributed by atoms with van der Waals surface area (Å²) in [5.41, 5.74) is 2.25. The zero-order valence-corrected chi connectivity index (χ0v) is 14.6. The van der Waals surface area contributed by atoms with Crippen molar-refractivity contribution in [3.05, 3.63) is 68.4 Å². The number of piperazine rings is 1. The second-order valence-electron chi connectivity index (χ2n) is 5.94. The Balaban J connectivity index is 1.57. The number of quaternary nitrogens is 1. The molecule has 0 aliphatic carbocycles. The van der Waals surface area contributed by atoms with Crippen LogP contribution in [0.2, 0.25) is 0 Å². The highest BCUT2D eigenvalue weighted by atomic mass is 79.9. The quantitative estimate of drug-likeness (QED) is 0.639. The van der Waals surface area contributed by atoms with Crippen LogP contribution in [0, 0.1) is 15.9 Å². The molecule has 0 bridgehead atoms. The maximum Gasteiger partial charge on any atom is 0.269 e. The van der Waals surface area contributed by atoms with Crippen molar-refractivity contribution in [2.75, 3.05) is 31.1 Å². The first-order chi connectivity index (χ1) is 11.5. The summed E-state index contributed by atoms with van der Waals surface area (Å²) < 4.78 is 13.8. The van der Waals surface area contributed by atoms with Crippen LogP contribution >= 0.6 is 15.9 Å². The lowest BCUT2D eigenvalue weighted by molar-refractivity contribution is -0.914. The van der Waals surface area contributed by atoms with Gasteiger partial charge in [-0.3, -0.25) is 10.1 Å². The molecule has 2 aromatic rings. The van der Waals surface area contributed by atoms with Gasteiger partial charge < -0.3 is 9.80 Å². The van der Waals surface area contributed by atoms with E-state index in [1.165, 1.54) is 11.0 Å². The molecule has 0 amide bonds. The Morgan fingerprint density at radius 3 is 2.42 bits per heavy atom. The minimum atomic E-state index is -0.382. The van der Waals surface area contributed by atoms with Crippen LogP contribution in [0.3, 0.4) is 0 Å². The number of nitro benzene ring substituents is 1. The second kappa shape index (κ2) is 7.27. The number of nitro groups is 1. The Hall–Kier alpha value is -1.99. The standard InChI is InChI=1S/C17H17BrFN3O2/c18-16-11-13(1-6-17(16)19)12-20-7-9-21(10-8-20)14-2-4-15(5-3-14)22(23)24/h1-6,11H,7-10,12H2/p+1. The number of benzene rings is 2. The molecule has 0 saturated carbocycles. The zero-order chi connectivity index (χ0) is 17.1. The summed E-state index contributed by atoms with van der Waals surface area (Å²) in [5.74, 6) is -0.239. The van der Waals surface area contributed by atoms with Crippen LogP contribution in [0.1, 0.15) is 5.56 Å². The van der Waals surface area contributed by atoms with Crippen molar-refractivity contribution in [3.8, 4) is 0 Å². The van der Waals surface area contributed by atoms with E-state index in [0.717, 1.165) is 44.0 Å². The molecule has 24 heavy (non-hydrogen) atoms. The molecule has 0 unspecified atom stereocenters. The van der Waals surface area contributed by atoms with Crippen LogP contribution in [0.15, 0.2) is 46.9 Å². The van der Waals surface area contributed by atoms with Crippen molar-refractivity contribution in [3.63, 3.8) is 0 Å². The number of non-ortho nitro benzene ring substituents is 1. The molecule has 1 fully saturated rings. The van der Waals surface area contributed by atoms with Gasteiger partial charge in [0.2, 0.25) is 0 Å². The number of rotatable bonds is 4. The third-order valence-corrected chi connectivity index (χ3v) is 4.94. The molecule has 1 N–H and O–H groups in total. The zero-order valence-electron chi connectivity index (χ0n) is 13.0. The van der Waals surface area contributed by atoms with E-state index in [1.54, 1.807) is 24.3 Å². The first-order valence-corrected chi connectivity index (χ1v) is 8.59. The number of hydrogen-bond acceptors (Lipinski definition) is 3. The molecular formula is C17H18BrFN3O2+. The molecule has 1 saturated heterocycles. The number of nitrogens with zero attached hydrogens (tertiary/aromatic N) is 2. The Bertz CT molecular complexity index is 731. The molecule has 5 nitrogen and oxygen atoms in total. The van der Waals surface area contributed by atoms with Gasteiger partial charge in [-0.2, -0.15) is 0 Å². The Morgan fingerprint density at radius 2 is 1.83 bits per heavy atom. The molecule has 1 heterocycles. The lowest BCUT2D eigenvalue weighted by atomic mass is 10.2. The third-order valence-electron chi connectivity index (χ3n) is 4.33. The molecule has 7 heteroatoms. The third kappa shape index (κ3) is 3.91. The van der Waals surface area contributed by atoms with Crippen LogP contribution in [0.5, 0.6) is 0 Å². The summed E-state index contributed by atoms with van der Waals surface area (Å²) in [6.45, 7) is 4.62. The largest absolute Gasteiger partial charge is 0.360 e. The summed E-state index contributed by atoms with van der Waals surface area (Å²) in [4.78, 5) is 14.0. The number of nitrogens with one attached hydrogen (secondary N) is 1. The molecule has 0 aromatic heterocycles. The maximum absolute atomic E-state index is 13.3. The van der Waals surface area contributed by atoms with E-state index < -0.39 is 0 Å². The monoisotopic (exact) mass is 394 g/mol. The summed E-state index contributed by atoms with van der Waals surface area (Å²) in [7, 11) is 0. The molecule has 1 aliphatic rings. The van der Waals surface area contributed by atoms with Crippen LogP contribution in [0.25, 0.3) is 0 Å². The van der Waals surface area contributed by atoms with Crippen molar-refractivity contribution in [2.24, 2.45) is 0 Å². The van der Waals surface area contributed by atoms with Gasteiger partial charge in [0.1, 0.15) is 12.4 Å². The van der Waals surface area contributed by atoms with Gasteiger partial charge >= 0.3 is 0 Å². The van der Waals surface area contributed by atoms with Gasteiger partial charge in [0.15, 0.2) is 0 Å². The van der Waals surface area contributed by atoms with E-state index in [1.807, 2.05) is 12.1 Å². The lowest BCUT2D eigenvalue weighted by Gasteiger charge is -2.33. The van der Waals surface area contributed by atoms with Crippen molar-refractivity contribution in [1.82, 2.24) is 0 Å². The Morgan fingerprint density at radius 1 is 1.17 bits per heavy atom. The van der Waals surface area contributed by atoms with E-state index in [2.05, 4.69) is 20.8 Å². The molecule has 0 spiro atoms. The molecule has 3 rings (SSSR count). The summed E-state index contributed by atoms with van der Waals surface area (Å²) in [5, 5.41) is 10.7. The number of hydrogen-bond donors (Lipinski definition) is 1. The normalized spacial score (nSPS) is 15.5. The van der Waals surface area contributed by atoms with Crippen molar-refractivity contribution >= 4 is 27.3 Å². The van der Waals surface area contributed by atoms with E-state index in [4.69, 9.17) is 0 Å². The first kappa shape index (κ1) is 16.9. The van der Waals surface area contributed by atoms with Crippen LogP contribution in [-0.2, 0) is 6.54 Å². The van der Waals surface area contributed by atoms with Crippen LogP contribution in [0.4, 0.5) is 15.8 Å². The Kier molecular flexibility index (Phi) is 5.11. The minimum Gasteiger partial charge on any atom is -0.360 e. The maximum atomic E-state index is 13.3. The molecule has 2 aromatic carbocycles. The highest BCUT2D eigenvalue weighted by molar-refractivity contribution is 9.10. The Labute approximate surface area is 148 Å². The van der Waals surface area contributed by atoms with Crippen LogP contribution in [-0.4, -0.2) is 31.1 Å². The highest BCUT2D eigenvalue weighted by Crippen LogP contribution is 2.19. The van der Waals surface area contributed by atoms with E-state index >= 15 is 0 Å². The average Bonchev–Trinajstić information content (AvgIpc) is 2.59. The fourth-order valence-electron chi connectivity index (χ4n) is 2.98. The van der Waals surface area contributed by atoms with Crippen molar-refractivity contribution in [2.45, 2.75) is 6.54 Å². The molecular weight excluding hydrogens is 377 g/mol. The topological polar surface area (TPSA) is 50.8 Å². The minimum absolute atomic E-state index is 0.116. The van der Waals surface area contributed by atoms with Gasteiger partial charge in [-0.25, -0.2) is 4.39 Å². The van der Waals surface area contributed by atoms with E-state index in [9.17, 15) is 14.5 Å². The van der Waals surface area contributed by atoms with Gasteiger partial charge in [-0.05, 0) is 40.2 Å². The SMILES string of the molecule is O=[N+]([O-])c1ccc(N2CC[NH+](Cc3ccc(F)c(Br)c3)CC2)cc1. The van der Waals surface area contributed by atoms with E-state index in [-0.39, 0.29) is 16.4 Å². The molecule has 1 aliphatic heterocycles. The predicted octanol–water partition coefficient (Wildman–Crippen LogP) is 2.40. The van der Waals surface area contributed by atoms with Gasteiger partial charge in [0, 0.05) is 23.4 Å². The van der Waals surface area contributed by atoms with Crippen LogP contribution < -0.4 is 9.80 Å². The van der Waals surface area contributed by atoms with Gasteiger partial charge in [-0.1, -0.05) is 6.07 Å². The number of anilines is 1. The number of halogens is 2. The van der Waals surface area contributed by atoms with Gasteiger partial charge in [0.25, 0.3) is 5.69 Å². The molecule has 0 atom stereocenters. The second-order valence-corrected chi connectivity index (χ2v) is 6.79. The smallest absolute Gasteiger partial charge is 0.269 e.